The lowest BCUT2D eigenvalue weighted by Gasteiger charge is -2.15. The van der Waals surface area contributed by atoms with Gasteiger partial charge >= 0.3 is 5.76 Å². The van der Waals surface area contributed by atoms with Crippen molar-refractivity contribution in [2.75, 3.05) is 11.3 Å². The second-order valence-electron chi connectivity index (χ2n) is 7.21. The molecule has 2 aromatic heterocycles. The second kappa shape index (κ2) is 9.09. The normalized spacial score (nSPS) is 12.2. The van der Waals surface area contributed by atoms with Crippen LogP contribution in [-0.4, -0.2) is 24.5 Å². The minimum absolute atomic E-state index is 0.0550. The number of nitrogens with two attached hydrogens (primary N) is 1. The molecule has 8 nitrogen and oxygen atoms in total. The fourth-order valence-corrected chi connectivity index (χ4v) is 4.60. The monoisotopic (exact) mass is 484 g/mol. The Morgan fingerprint density at radius 1 is 1.18 bits per heavy atom. The number of halogens is 2. The van der Waals surface area contributed by atoms with Gasteiger partial charge in [0.05, 0.1) is 18.1 Å². The number of fused-ring (bicyclic) bond motifs is 1. The predicted octanol–water partition coefficient (Wildman–Crippen LogP) is 2.99. The molecule has 11 heteroatoms. The molecule has 1 atom stereocenters. The highest BCUT2D eigenvalue weighted by Gasteiger charge is 2.25. The molecule has 0 aliphatic rings. The quantitative estimate of drug-likeness (QED) is 0.332. The smallest absolute Gasteiger partial charge is 0.408 e. The molecule has 2 aromatic carbocycles. The summed E-state index contributed by atoms with van der Waals surface area (Å²) in [5, 5.41) is 0. The van der Waals surface area contributed by atoms with E-state index < -0.39 is 38.5 Å². The standard InChI is InChI=1S/C23H18F2N4O4S/c1-14(16-8-3-2-6-15(16)7-5-11-26)29-18-12-17(24)20(13-19(18)33-23(29)30)34(31,32)28-22-10-4-9-21(25)27-22/h2-4,6,8-10,12-14H,11,26H2,1H3,(H,27,28)/t14-/m1/s1. The first-order valence-electron chi connectivity index (χ1n) is 9.99. The van der Waals surface area contributed by atoms with Gasteiger partial charge in [0.2, 0.25) is 5.95 Å². The zero-order valence-electron chi connectivity index (χ0n) is 17.7. The van der Waals surface area contributed by atoms with Crippen LogP contribution in [0.15, 0.2) is 68.7 Å². The van der Waals surface area contributed by atoms with Crippen molar-refractivity contribution in [3.8, 4) is 11.8 Å². The SMILES string of the molecule is C[C@H](c1ccccc1C#CCN)n1c(=O)oc2cc(S(=O)(=O)Nc3cccc(F)n3)c(F)cc21. The maximum Gasteiger partial charge on any atom is 0.420 e. The van der Waals surface area contributed by atoms with Gasteiger partial charge in [0.25, 0.3) is 10.0 Å². The highest BCUT2D eigenvalue weighted by atomic mass is 32.2. The van der Waals surface area contributed by atoms with Gasteiger partial charge in [0.1, 0.15) is 16.5 Å². The Morgan fingerprint density at radius 2 is 1.94 bits per heavy atom. The number of hydrogen-bond donors (Lipinski definition) is 2. The molecule has 0 unspecified atom stereocenters. The number of nitrogens with zero attached hydrogens (tertiary/aromatic N) is 2. The van der Waals surface area contributed by atoms with Crippen molar-refractivity contribution in [3.05, 3.63) is 88.0 Å². The lowest BCUT2D eigenvalue weighted by atomic mass is 10.0. The van der Waals surface area contributed by atoms with E-state index in [1.54, 1.807) is 31.2 Å². The minimum atomic E-state index is -4.50. The third-order valence-corrected chi connectivity index (χ3v) is 6.40. The van der Waals surface area contributed by atoms with Crippen molar-refractivity contribution in [2.24, 2.45) is 5.73 Å². The van der Waals surface area contributed by atoms with Crippen molar-refractivity contribution in [3.63, 3.8) is 0 Å². The Kier molecular flexibility index (Phi) is 6.19. The molecular formula is C23H18F2N4O4S. The van der Waals surface area contributed by atoms with Crippen LogP contribution in [0.2, 0.25) is 0 Å². The van der Waals surface area contributed by atoms with Crippen LogP contribution in [-0.2, 0) is 10.0 Å². The Hall–Kier alpha value is -4.01. The van der Waals surface area contributed by atoms with Crippen molar-refractivity contribution < 1.29 is 21.6 Å². The average molecular weight is 484 g/mol. The zero-order chi connectivity index (χ0) is 24.5. The molecule has 4 aromatic rings. The number of aromatic nitrogens is 2. The molecule has 0 saturated heterocycles. The summed E-state index contributed by atoms with van der Waals surface area (Å²) in [6, 6.07) is 11.7. The molecule has 2 heterocycles. The summed E-state index contributed by atoms with van der Waals surface area (Å²) in [4.78, 5) is 15.3. The molecule has 0 saturated carbocycles. The number of anilines is 1. The number of sulfonamides is 1. The molecule has 0 radical (unpaired) electrons. The number of hydrogen-bond acceptors (Lipinski definition) is 6. The van der Waals surface area contributed by atoms with Gasteiger partial charge in [-0.1, -0.05) is 36.1 Å². The Balaban J connectivity index is 1.79. The lowest BCUT2D eigenvalue weighted by Crippen LogP contribution is -2.20. The number of rotatable bonds is 5. The van der Waals surface area contributed by atoms with E-state index in [9.17, 15) is 22.0 Å². The van der Waals surface area contributed by atoms with Gasteiger partial charge in [0, 0.05) is 17.7 Å². The van der Waals surface area contributed by atoms with Gasteiger partial charge in [-0.25, -0.2) is 22.6 Å². The Labute approximate surface area is 193 Å². The molecule has 174 valence electrons. The van der Waals surface area contributed by atoms with Gasteiger partial charge < -0.3 is 10.2 Å². The maximum absolute atomic E-state index is 15.0. The molecule has 0 aliphatic heterocycles. The van der Waals surface area contributed by atoms with Crippen molar-refractivity contribution in [1.82, 2.24) is 9.55 Å². The third kappa shape index (κ3) is 4.41. The molecule has 3 N–H and O–H groups in total. The summed E-state index contributed by atoms with van der Waals surface area (Å²) in [6.07, 6.45) is 0. The molecule has 34 heavy (non-hydrogen) atoms. The first kappa shape index (κ1) is 23.2. The van der Waals surface area contributed by atoms with Gasteiger partial charge in [-0.15, -0.1) is 0 Å². The molecule has 0 amide bonds. The highest BCUT2D eigenvalue weighted by molar-refractivity contribution is 7.92. The van der Waals surface area contributed by atoms with Crippen LogP contribution in [0.25, 0.3) is 11.1 Å². The van der Waals surface area contributed by atoms with Gasteiger partial charge in [-0.05, 0) is 30.7 Å². The summed E-state index contributed by atoms with van der Waals surface area (Å²) in [7, 11) is -4.50. The molecule has 0 bridgehead atoms. The summed E-state index contributed by atoms with van der Waals surface area (Å²) >= 11 is 0. The largest absolute Gasteiger partial charge is 0.420 e. The summed E-state index contributed by atoms with van der Waals surface area (Å²) in [6.45, 7) is 1.86. The summed E-state index contributed by atoms with van der Waals surface area (Å²) in [5.74, 6) is 2.51. The first-order valence-corrected chi connectivity index (χ1v) is 11.5. The predicted molar refractivity (Wildman–Crippen MR) is 122 cm³/mol. The van der Waals surface area contributed by atoms with Crippen molar-refractivity contribution in [1.29, 1.82) is 0 Å². The van der Waals surface area contributed by atoms with E-state index in [4.69, 9.17) is 10.2 Å². The highest BCUT2D eigenvalue weighted by Crippen LogP contribution is 2.28. The molecule has 0 aliphatic carbocycles. The van der Waals surface area contributed by atoms with Crippen LogP contribution in [0.3, 0.4) is 0 Å². The number of nitrogens with one attached hydrogen (secondary N) is 1. The van der Waals surface area contributed by atoms with E-state index in [0.29, 0.717) is 11.1 Å². The molecule has 0 fully saturated rings. The fraction of sp³-hybridized carbons (Fsp3) is 0.130. The van der Waals surface area contributed by atoms with E-state index in [1.807, 2.05) is 4.72 Å². The first-order chi connectivity index (χ1) is 16.2. The number of benzene rings is 2. The second-order valence-corrected chi connectivity index (χ2v) is 8.86. The number of oxazole rings is 1. The van der Waals surface area contributed by atoms with Crippen LogP contribution >= 0.6 is 0 Å². The third-order valence-electron chi connectivity index (χ3n) is 5.03. The number of pyridine rings is 1. The summed E-state index contributed by atoms with van der Waals surface area (Å²) in [5.41, 5.74) is 6.67. The van der Waals surface area contributed by atoms with Crippen LogP contribution in [0, 0.1) is 23.6 Å². The van der Waals surface area contributed by atoms with E-state index in [0.717, 1.165) is 18.2 Å². The molecule has 4 rings (SSSR count). The summed E-state index contributed by atoms with van der Waals surface area (Å²) < 4.78 is 62.2. The van der Waals surface area contributed by atoms with E-state index >= 15 is 0 Å². The lowest BCUT2D eigenvalue weighted by molar-refractivity contribution is 0.489. The molecular weight excluding hydrogens is 466 g/mol. The van der Waals surface area contributed by atoms with Crippen molar-refractivity contribution >= 4 is 26.9 Å². The van der Waals surface area contributed by atoms with Crippen molar-refractivity contribution in [2.45, 2.75) is 17.9 Å². The van der Waals surface area contributed by atoms with Crippen LogP contribution in [0.4, 0.5) is 14.6 Å². The fourth-order valence-electron chi connectivity index (χ4n) is 3.53. The van der Waals surface area contributed by atoms with Gasteiger partial charge in [0.15, 0.2) is 5.58 Å². The van der Waals surface area contributed by atoms with E-state index in [2.05, 4.69) is 16.8 Å². The van der Waals surface area contributed by atoms with Crippen LogP contribution in [0.5, 0.6) is 0 Å². The zero-order valence-corrected chi connectivity index (χ0v) is 18.6. The van der Waals surface area contributed by atoms with Crippen LogP contribution < -0.4 is 16.2 Å². The van der Waals surface area contributed by atoms with Gasteiger partial charge in [-0.2, -0.15) is 4.39 Å². The van der Waals surface area contributed by atoms with E-state index in [1.165, 1.54) is 16.7 Å². The van der Waals surface area contributed by atoms with Gasteiger partial charge in [-0.3, -0.25) is 9.29 Å². The Morgan fingerprint density at radius 3 is 2.68 bits per heavy atom. The average Bonchev–Trinajstić information content (AvgIpc) is 3.11. The minimum Gasteiger partial charge on any atom is -0.408 e. The van der Waals surface area contributed by atoms with E-state index in [-0.39, 0.29) is 23.5 Å². The van der Waals surface area contributed by atoms with Crippen LogP contribution in [0.1, 0.15) is 24.1 Å². The topological polar surface area (TPSA) is 120 Å². The maximum atomic E-state index is 15.0. The Bertz CT molecular complexity index is 1620. The molecule has 0 spiro atoms.